The van der Waals surface area contributed by atoms with Gasteiger partial charge in [-0.1, -0.05) is 0 Å². The standard InChI is InChI=1S/C13H23FN2O2/c1-11(2,3)18-10(17)16-9-4-12(5-9)6-13(14,7-12)8-15/h9H,4-8,15H2,1-3H3,(H,16,17). The van der Waals surface area contributed by atoms with E-state index in [1.165, 1.54) is 0 Å². The Labute approximate surface area is 107 Å². The third-order valence-corrected chi connectivity index (χ3v) is 3.83. The number of halogens is 1. The Bertz CT molecular complexity index is 337. The fourth-order valence-electron chi connectivity index (χ4n) is 3.29. The molecule has 18 heavy (non-hydrogen) atoms. The number of carbonyl (C=O) groups is 1. The SMILES string of the molecule is CC(C)(C)OC(=O)NC1CC2(C1)CC(F)(CN)C2. The lowest BCUT2D eigenvalue weighted by atomic mass is 9.49. The molecule has 0 aromatic heterocycles. The Morgan fingerprint density at radius 3 is 2.44 bits per heavy atom. The maximum absolute atomic E-state index is 13.7. The van der Waals surface area contributed by atoms with Crippen molar-refractivity contribution in [1.29, 1.82) is 0 Å². The number of hydrogen-bond donors (Lipinski definition) is 2. The highest BCUT2D eigenvalue weighted by Crippen LogP contribution is 2.61. The van der Waals surface area contributed by atoms with Crippen molar-refractivity contribution in [3.63, 3.8) is 0 Å². The third kappa shape index (κ3) is 2.76. The van der Waals surface area contributed by atoms with Crippen LogP contribution in [0.5, 0.6) is 0 Å². The number of alkyl halides is 1. The van der Waals surface area contributed by atoms with Gasteiger partial charge in [-0.25, -0.2) is 9.18 Å². The molecule has 5 heteroatoms. The quantitative estimate of drug-likeness (QED) is 0.797. The molecule has 0 radical (unpaired) electrons. The molecule has 0 bridgehead atoms. The molecule has 0 atom stereocenters. The van der Waals surface area contributed by atoms with Crippen LogP contribution in [0.4, 0.5) is 9.18 Å². The Morgan fingerprint density at radius 1 is 1.44 bits per heavy atom. The van der Waals surface area contributed by atoms with Crippen molar-refractivity contribution < 1.29 is 13.9 Å². The van der Waals surface area contributed by atoms with Gasteiger partial charge in [0.25, 0.3) is 0 Å². The lowest BCUT2D eigenvalue weighted by Crippen LogP contribution is -2.63. The van der Waals surface area contributed by atoms with E-state index in [0.717, 1.165) is 12.8 Å². The van der Waals surface area contributed by atoms with E-state index in [0.29, 0.717) is 12.8 Å². The molecule has 0 aromatic carbocycles. The zero-order chi connectivity index (χ0) is 13.6. The van der Waals surface area contributed by atoms with Gasteiger partial charge in [-0.2, -0.15) is 0 Å². The summed E-state index contributed by atoms with van der Waals surface area (Å²) >= 11 is 0. The molecule has 0 aliphatic heterocycles. The zero-order valence-corrected chi connectivity index (χ0v) is 11.4. The number of alkyl carbamates (subject to hydrolysis) is 1. The highest BCUT2D eigenvalue weighted by molar-refractivity contribution is 5.68. The largest absolute Gasteiger partial charge is 0.444 e. The van der Waals surface area contributed by atoms with Crippen molar-refractivity contribution in [3.05, 3.63) is 0 Å². The first kappa shape index (κ1) is 13.6. The van der Waals surface area contributed by atoms with Gasteiger partial charge in [0.05, 0.1) is 0 Å². The van der Waals surface area contributed by atoms with Gasteiger partial charge in [-0.15, -0.1) is 0 Å². The van der Waals surface area contributed by atoms with Crippen LogP contribution in [-0.4, -0.2) is 29.9 Å². The highest BCUT2D eigenvalue weighted by Gasteiger charge is 2.60. The lowest BCUT2D eigenvalue weighted by Gasteiger charge is -2.60. The second-order valence-corrected chi connectivity index (χ2v) is 6.96. The van der Waals surface area contributed by atoms with Gasteiger partial charge >= 0.3 is 6.09 Å². The molecule has 0 unspecified atom stereocenters. The van der Waals surface area contributed by atoms with E-state index in [9.17, 15) is 9.18 Å². The Balaban J connectivity index is 1.70. The van der Waals surface area contributed by atoms with Crippen LogP contribution in [0, 0.1) is 5.41 Å². The molecule has 1 spiro atoms. The molecule has 104 valence electrons. The van der Waals surface area contributed by atoms with Crippen LogP contribution >= 0.6 is 0 Å². The average Bonchev–Trinajstić information content (AvgIpc) is 2.08. The number of ether oxygens (including phenoxy) is 1. The van der Waals surface area contributed by atoms with E-state index in [1.54, 1.807) is 0 Å². The lowest BCUT2D eigenvalue weighted by molar-refractivity contribution is -0.121. The first-order chi connectivity index (χ1) is 8.15. The second kappa shape index (κ2) is 4.08. The molecule has 0 saturated heterocycles. The Kier molecular flexibility index (Phi) is 3.08. The van der Waals surface area contributed by atoms with Crippen molar-refractivity contribution in [2.45, 2.75) is 63.8 Å². The fraction of sp³-hybridized carbons (Fsp3) is 0.923. The molecule has 0 heterocycles. The van der Waals surface area contributed by atoms with Crippen molar-refractivity contribution in [2.24, 2.45) is 11.1 Å². The van der Waals surface area contributed by atoms with Gasteiger partial charge in [0.2, 0.25) is 0 Å². The summed E-state index contributed by atoms with van der Waals surface area (Å²) < 4.78 is 18.9. The van der Waals surface area contributed by atoms with Crippen LogP contribution in [0.25, 0.3) is 0 Å². The van der Waals surface area contributed by atoms with Crippen LogP contribution in [0.2, 0.25) is 0 Å². The number of carbonyl (C=O) groups excluding carboxylic acids is 1. The minimum absolute atomic E-state index is 0.0911. The van der Waals surface area contributed by atoms with Crippen molar-refractivity contribution in [2.75, 3.05) is 6.54 Å². The van der Waals surface area contributed by atoms with E-state index >= 15 is 0 Å². The first-order valence-electron chi connectivity index (χ1n) is 6.54. The highest BCUT2D eigenvalue weighted by atomic mass is 19.1. The Hall–Kier alpha value is -0.840. The second-order valence-electron chi connectivity index (χ2n) is 6.96. The van der Waals surface area contributed by atoms with Gasteiger partial charge in [0.15, 0.2) is 0 Å². The minimum atomic E-state index is -1.16. The van der Waals surface area contributed by atoms with Gasteiger partial charge in [0, 0.05) is 12.6 Å². The molecule has 2 saturated carbocycles. The van der Waals surface area contributed by atoms with E-state index in [2.05, 4.69) is 5.32 Å². The van der Waals surface area contributed by atoms with Crippen LogP contribution in [0.3, 0.4) is 0 Å². The predicted octanol–water partition coefficient (Wildman–Crippen LogP) is 2.12. The Morgan fingerprint density at radius 2 is 2.00 bits per heavy atom. The summed E-state index contributed by atoms with van der Waals surface area (Å²) in [6.07, 6.45) is 2.40. The van der Waals surface area contributed by atoms with Crippen LogP contribution in [0.15, 0.2) is 0 Å². The van der Waals surface area contributed by atoms with Crippen LogP contribution < -0.4 is 11.1 Å². The molecular formula is C13H23FN2O2. The van der Waals surface area contributed by atoms with E-state index < -0.39 is 11.3 Å². The molecule has 2 aliphatic carbocycles. The van der Waals surface area contributed by atoms with Crippen molar-refractivity contribution >= 4 is 6.09 Å². The summed E-state index contributed by atoms with van der Waals surface area (Å²) in [5.74, 6) is 0. The third-order valence-electron chi connectivity index (χ3n) is 3.83. The molecule has 0 aromatic rings. The van der Waals surface area contributed by atoms with Crippen LogP contribution in [-0.2, 0) is 4.74 Å². The van der Waals surface area contributed by atoms with Gasteiger partial charge in [0.1, 0.15) is 11.3 Å². The molecule has 3 N–H and O–H groups in total. The normalized spacial score (nSPS) is 38.8. The topological polar surface area (TPSA) is 64.3 Å². The fourth-order valence-corrected chi connectivity index (χ4v) is 3.29. The van der Waals surface area contributed by atoms with Crippen LogP contribution in [0.1, 0.15) is 46.5 Å². The molecule has 2 fully saturated rings. The summed E-state index contributed by atoms with van der Waals surface area (Å²) in [7, 11) is 0. The van der Waals surface area contributed by atoms with Gasteiger partial charge in [-0.3, -0.25) is 0 Å². The molecular weight excluding hydrogens is 235 g/mol. The maximum Gasteiger partial charge on any atom is 0.407 e. The van der Waals surface area contributed by atoms with Crippen molar-refractivity contribution in [3.8, 4) is 0 Å². The molecule has 2 aliphatic rings. The molecule has 2 rings (SSSR count). The summed E-state index contributed by atoms with van der Waals surface area (Å²) in [5.41, 5.74) is 3.85. The first-order valence-corrected chi connectivity index (χ1v) is 6.54. The molecule has 1 amide bonds. The number of hydrogen-bond acceptors (Lipinski definition) is 3. The van der Waals surface area contributed by atoms with E-state index in [1.807, 2.05) is 20.8 Å². The summed E-state index contributed by atoms with van der Waals surface area (Å²) in [5, 5.41) is 2.83. The average molecular weight is 258 g/mol. The molecule has 4 nitrogen and oxygen atoms in total. The van der Waals surface area contributed by atoms with E-state index in [-0.39, 0.29) is 24.1 Å². The minimum Gasteiger partial charge on any atom is -0.444 e. The van der Waals surface area contributed by atoms with Gasteiger partial charge in [-0.05, 0) is 51.9 Å². The monoisotopic (exact) mass is 258 g/mol. The summed E-state index contributed by atoms with van der Waals surface area (Å²) in [6, 6.07) is 0.127. The van der Waals surface area contributed by atoms with E-state index in [4.69, 9.17) is 10.5 Å². The predicted molar refractivity (Wildman–Crippen MR) is 67.0 cm³/mol. The smallest absolute Gasteiger partial charge is 0.407 e. The van der Waals surface area contributed by atoms with Gasteiger partial charge < -0.3 is 15.8 Å². The number of nitrogens with one attached hydrogen (secondary N) is 1. The number of rotatable bonds is 2. The zero-order valence-electron chi connectivity index (χ0n) is 11.4. The number of amides is 1. The summed E-state index contributed by atoms with van der Waals surface area (Å²) in [4.78, 5) is 11.5. The maximum atomic E-state index is 13.7. The summed E-state index contributed by atoms with van der Waals surface area (Å²) in [6.45, 7) is 5.61. The van der Waals surface area contributed by atoms with Crippen molar-refractivity contribution in [1.82, 2.24) is 5.32 Å². The number of nitrogens with two attached hydrogens (primary N) is 1.